The number of amides is 1. The number of rotatable bonds is 3. The number of aliphatic hydroxyl groups excluding tert-OH is 1. The number of ether oxygens (including phenoxy) is 1. The Balaban J connectivity index is 2.34. The van der Waals surface area contributed by atoms with Gasteiger partial charge in [-0.1, -0.05) is 35.9 Å². The molecule has 2 aromatic carbocycles. The third kappa shape index (κ3) is 4.63. The van der Waals surface area contributed by atoms with Crippen molar-refractivity contribution in [3.63, 3.8) is 0 Å². The second-order valence-electron chi connectivity index (χ2n) is 6.30. The van der Waals surface area contributed by atoms with Crippen LogP contribution in [0.25, 0.3) is 0 Å². The Morgan fingerprint density at radius 2 is 1.88 bits per heavy atom. The van der Waals surface area contributed by atoms with Gasteiger partial charge in [0.1, 0.15) is 11.7 Å². The van der Waals surface area contributed by atoms with Gasteiger partial charge in [0.25, 0.3) is 0 Å². The van der Waals surface area contributed by atoms with Gasteiger partial charge >= 0.3 is 6.09 Å². The first-order valence-electron chi connectivity index (χ1n) is 7.41. The van der Waals surface area contributed by atoms with Crippen molar-refractivity contribution in [1.29, 1.82) is 0 Å². The molecule has 2 rings (SSSR count). The fourth-order valence-electron chi connectivity index (χ4n) is 2.16. The SMILES string of the molecule is CC(C)(C)OC(=O)Nc1ccc(Cl)cc1[C@H](O)c1ccccc1[O-]. The molecule has 2 N–H and O–H groups in total. The van der Waals surface area contributed by atoms with Crippen molar-refractivity contribution in [2.75, 3.05) is 5.32 Å². The summed E-state index contributed by atoms with van der Waals surface area (Å²) in [6, 6.07) is 10.8. The van der Waals surface area contributed by atoms with E-state index in [-0.39, 0.29) is 11.3 Å². The van der Waals surface area contributed by atoms with Crippen molar-refractivity contribution in [2.24, 2.45) is 0 Å². The second kappa shape index (κ2) is 7.11. The van der Waals surface area contributed by atoms with Crippen LogP contribution in [0.3, 0.4) is 0 Å². The van der Waals surface area contributed by atoms with Crippen molar-refractivity contribution in [1.82, 2.24) is 0 Å². The number of benzene rings is 2. The minimum Gasteiger partial charge on any atom is -0.872 e. The zero-order valence-corrected chi connectivity index (χ0v) is 14.4. The van der Waals surface area contributed by atoms with Crippen LogP contribution in [0.1, 0.15) is 38.0 Å². The van der Waals surface area contributed by atoms with Crippen LogP contribution < -0.4 is 10.4 Å². The minimum atomic E-state index is -1.22. The van der Waals surface area contributed by atoms with Crippen molar-refractivity contribution in [3.8, 4) is 5.75 Å². The smallest absolute Gasteiger partial charge is 0.412 e. The van der Waals surface area contributed by atoms with E-state index in [0.29, 0.717) is 16.3 Å². The molecule has 0 bridgehead atoms. The van der Waals surface area contributed by atoms with Crippen molar-refractivity contribution >= 4 is 23.4 Å². The minimum absolute atomic E-state index is 0.201. The number of carbonyl (C=O) groups excluding carboxylic acids is 1. The molecule has 0 aromatic heterocycles. The average Bonchev–Trinajstić information content (AvgIpc) is 2.47. The Bertz CT molecular complexity index is 740. The van der Waals surface area contributed by atoms with Gasteiger partial charge in [-0.3, -0.25) is 5.32 Å². The summed E-state index contributed by atoms with van der Waals surface area (Å²) in [6.07, 6.45) is -1.88. The number of carbonyl (C=O) groups is 1. The molecule has 1 atom stereocenters. The van der Waals surface area contributed by atoms with Gasteiger partial charge in [0.05, 0.1) is 5.69 Å². The topological polar surface area (TPSA) is 81.6 Å². The molecule has 0 aliphatic rings. The highest BCUT2D eigenvalue weighted by atomic mass is 35.5. The van der Waals surface area contributed by atoms with Gasteiger partial charge < -0.3 is 14.9 Å². The number of hydrogen-bond donors (Lipinski definition) is 2. The lowest BCUT2D eigenvalue weighted by molar-refractivity contribution is -0.270. The Morgan fingerprint density at radius 3 is 2.50 bits per heavy atom. The summed E-state index contributed by atoms with van der Waals surface area (Å²) in [4.78, 5) is 12.0. The Hall–Kier alpha value is -2.24. The maximum absolute atomic E-state index is 12.0. The summed E-state index contributed by atoms with van der Waals surface area (Å²) in [5, 5.41) is 25.5. The second-order valence-corrected chi connectivity index (χ2v) is 6.74. The van der Waals surface area contributed by atoms with E-state index in [1.165, 1.54) is 18.2 Å². The van der Waals surface area contributed by atoms with Gasteiger partial charge in [0.15, 0.2) is 0 Å². The van der Waals surface area contributed by atoms with Gasteiger partial charge in [0, 0.05) is 10.6 Å². The van der Waals surface area contributed by atoms with E-state index in [9.17, 15) is 15.0 Å². The Kier molecular flexibility index (Phi) is 5.36. The molecule has 5 nitrogen and oxygen atoms in total. The van der Waals surface area contributed by atoms with E-state index in [4.69, 9.17) is 16.3 Å². The molecule has 0 saturated carbocycles. The van der Waals surface area contributed by atoms with Crippen LogP contribution in [0.2, 0.25) is 5.02 Å². The number of nitrogens with one attached hydrogen (secondary N) is 1. The van der Waals surface area contributed by atoms with Crippen LogP contribution in [0, 0.1) is 0 Å². The molecule has 0 aliphatic carbocycles. The third-order valence-corrected chi connectivity index (χ3v) is 3.39. The molecule has 0 fully saturated rings. The molecular formula is C18H19ClNO4-. The highest BCUT2D eigenvalue weighted by molar-refractivity contribution is 6.30. The molecule has 6 heteroatoms. The van der Waals surface area contributed by atoms with Gasteiger partial charge in [0.2, 0.25) is 0 Å². The summed E-state index contributed by atoms with van der Waals surface area (Å²) < 4.78 is 5.21. The lowest BCUT2D eigenvalue weighted by Crippen LogP contribution is -2.27. The van der Waals surface area contributed by atoms with E-state index in [1.807, 2.05) is 0 Å². The van der Waals surface area contributed by atoms with Gasteiger partial charge in [-0.05, 0) is 44.5 Å². The van der Waals surface area contributed by atoms with Gasteiger partial charge in [-0.2, -0.15) is 0 Å². The average molecular weight is 349 g/mol. The highest BCUT2D eigenvalue weighted by Gasteiger charge is 2.20. The number of halogens is 1. The predicted molar refractivity (Wildman–Crippen MR) is 91.3 cm³/mol. The Labute approximate surface area is 145 Å². The molecule has 0 aliphatic heterocycles. The van der Waals surface area contributed by atoms with Gasteiger partial charge in [-0.15, -0.1) is 5.75 Å². The first-order chi connectivity index (χ1) is 11.2. The van der Waals surface area contributed by atoms with Crippen LogP contribution in [0.5, 0.6) is 5.75 Å². The van der Waals surface area contributed by atoms with E-state index < -0.39 is 17.8 Å². The number of para-hydroxylation sites is 1. The lowest BCUT2D eigenvalue weighted by atomic mass is 9.99. The zero-order chi connectivity index (χ0) is 17.9. The summed E-state index contributed by atoms with van der Waals surface area (Å²) in [7, 11) is 0. The number of aliphatic hydroxyl groups is 1. The molecule has 24 heavy (non-hydrogen) atoms. The maximum Gasteiger partial charge on any atom is 0.412 e. The first kappa shape index (κ1) is 18.1. The zero-order valence-electron chi connectivity index (χ0n) is 13.7. The molecule has 128 valence electrons. The fraction of sp³-hybridized carbons (Fsp3) is 0.278. The quantitative estimate of drug-likeness (QED) is 0.882. The van der Waals surface area contributed by atoms with E-state index in [0.717, 1.165) is 0 Å². The molecule has 0 heterocycles. The largest absolute Gasteiger partial charge is 0.872 e. The molecule has 0 spiro atoms. The summed E-state index contributed by atoms with van der Waals surface area (Å²) in [5.74, 6) is -0.298. The number of hydrogen-bond acceptors (Lipinski definition) is 4. The lowest BCUT2D eigenvalue weighted by Gasteiger charge is -2.23. The summed E-state index contributed by atoms with van der Waals surface area (Å²) in [5.41, 5.74) is 0.185. The summed E-state index contributed by atoms with van der Waals surface area (Å²) >= 11 is 6.00. The van der Waals surface area contributed by atoms with Crippen LogP contribution in [-0.4, -0.2) is 16.8 Å². The van der Waals surface area contributed by atoms with E-state index in [2.05, 4.69) is 5.32 Å². The molecular weight excluding hydrogens is 330 g/mol. The van der Waals surface area contributed by atoms with Crippen molar-refractivity contribution < 1.29 is 19.7 Å². The predicted octanol–water partition coefficient (Wildman–Crippen LogP) is 3.84. The third-order valence-electron chi connectivity index (χ3n) is 3.16. The van der Waals surface area contributed by atoms with Crippen LogP contribution in [-0.2, 0) is 4.74 Å². The fourth-order valence-corrected chi connectivity index (χ4v) is 2.34. The normalized spacial score (nSPS) is 12.5. The molecule has 0 radical (unpaired) electrons. The van der Waals surface area contributed by atoms with Crippen LogP contribution in [0.4, 0.5) is 10.5 Å². The molecule has 2 aromatic rings. The molecule has 1 amide bonds. The summed E-state index contributed by atoms with van der Waals surface area (Å²) in [6.45, 7) is 5.24. The van der Waals surface area contributed by atoms with Crippen molar-refractivity contribution in [3.05, 3.63) is 58.6 Å². The van der Waals surface area contributed by atoms with Crippen LogP contribution in [0.15, 0.2) is 42.5 Å². The van der Waals surface area contributed by atoms with Crippen molar-refractivity contribution in [2.45, 2.75) is 32.5 Å². The highest BCUT2D eigenvalue weighted by Crippen LogP contribution is 2.33. The number of anilines is 1. The van der Waals surface area contributed by atoms with E-state index >= 15 is 0 Å². The maximum atomic E-state index is 12.0. The molecule has 0 unspecified atom stereocenters. The first-order valence-corrected chi connectivity index (χ1v) is 7.78. The molecule has 0 saturated heterocycles. The monoisotopic (exact) mass is 348 g/mol. The Morgan fingerprint density at radius 1 is 1.21 bits per heavy atom. The van der Waals surface area contributed by atoms with Gasteiger partial charge in [-0.25, -0.2) is 4.79 Å². The van der Waals surface area contributed by atoms with Crippen LogP contribution >= 0.6 is 11.6 Å². The van der Waals surface area contributed by atoms with E-state index in [1.54, 1.807) is 45.0 Å². The standard InChI is InChI=1S/C18H20ClNO4/c1-18(2,3)24-17(23)20-14-9-8-11(19)10-13(14)16(22)12-6-4-5-7-15(12)21/h4-10,16,21-22H,1-3H3,(H,20,23)/p-1/t16-/m1/s1.